The Labute approximate surface area is 95.8 Å². The van der Waals surface area contributed by atoms with Crippen molar-refractivity contribution in [3.8, 4) is 5.75 Å². The molecule has 0 bridgehead atoms. The molecule has 7 heteroatoms. The molecule has 0 saturated carbocycles. The fourth-order valence-corrected chi connectivity index (χ4v) is 1.01. The van der Waals surface area contributed by atoms with E-state index in [0.717, 1.165) is 12.1 Å². The van der Waals surface area contributed by atoms with Gasteiger partial charge in [-0.05, 0) is 17.7 Å². The Hall–Kier alpha value is -1.43. The molecular weight excluding hydrogens is 247 g/mol. The Kier molecular flexibility index (Phi) is 5.10. The number of amides is 1. The van der Waals surface area contributed by atoms with E-state index in [1.165, 1.54) is 12.1 Å². The second-order valence-corrected chi connectivity index (χ2v) is 2.83. The zero-order chi connectivity index (χ0) is 11.5. The molecule has 0 aromatic heterocycles. The van der Waals surface area contributed by atoms with Crippen LogP contribution < -0.4 is 10.5 Å². The van der Waals surface area contributed by atoms with Gasteiger partial charge in [0.05, 0.1) is 6.42 Å². The highest BCUT2D eigenvalue weighted by Crippen LogP contribution is 2.22. The molecule has 90 valence electrons. The van der Waals surface area contributed by atoms with Crippen LogP contribution in [0.4, 0.5) is 13.2 Å². The quantitative estimate of drug-likeness (QED) is 0.899. The molecule has 2 N–H and O–H groups in total. The topological polar surface area (TPSA) is 52.3 Å². The average Bonchev–Trinajstić information content (AvgIpc) is 2.05. The highest BCUT2D eigenvalue weighted by atomic mass is 35.5. The van der Waals surface area contributed by atoms with E-state index in [1.54, 1.807) is 0 Å². The fourth-order valence-electron chi connectivity index (χ4n) is 1.01. The first-order valence-electron chi connectivity index (χ1n) is 4.00. The van der Waals surface area contributed by atoms with Crippen LogP contribution in [0, 0.1) is 0 Å². The van der Waals surface area contributed by atoms with Crippen LogP contribution in [-0.4, -0.2) is 12.3 Å². The lowest BCUT2D eigenvalue weighted by Gasteiger charge is -2.08. The normalized spacial score (nSPS) is 10.4. The molecule has 0 saturated heterocycles. The van der Waals surface area contributed by atoms with Crippen LogP contribution in [0.25, 0.3) is 0 Å². The molecule has 1 amide bonds. The van der Waals surface area contributed by atoms with E-state index >= 15 is 0 Å². The number of carbonyl (C=O) groups is 1. The monoisotopic (exact) mass is 255 g/mol. The maximum Gasteiger partial charge on any atom is 0.573 e. The number of rotatable bonds is 3. The Bertz CT molecular complexity index is 351. The highest BCUT2D eigenvalue weighted by Gasteiger charge is 2.30. The molecule has 0 heterocycles. The summed E-state index contributed by atoms with van der Waals surface area (Å²) in [6.07, 6.45) is -4.71. The predicted octanol–water partition coefficient (Wildman–Crippen LogP) is 2.03. The molecule has 0 aliphatic rings. The van der Waals surface area contributed by atoms with Gasteiger partial charge in [0.2, 0.25) is 5.91 Å². The van der Waals surface area contributed by atoms with Crippen molar-refractivity contribution in [2.75, 3.05) is 0 Å². The molecular formula is C9H9ClF3NO2. The molecule has 1 rings (SSSR count). The van der Waals surface area contributed by atoms with E-state index in [9.17, 15) is 18.0 Å². The average molecular weight is 256 g/mol. The zero-order valence-electron chi connectivity index (χ0n) is 7.95. The Balaban J connectivity index is 0.00000225. The lowest BCUT2D eigenvalue weighted by molar-refractivity contribution is -0.274. The number of ether oxygens (including phenoxy) is 1. The number of alkyl halides is 3. The summed E-state index contributed by atoms with van der Waals surface area (Å²) in [4.78, 5) is 10.5. The number of carbonyl (C=O) groups excluding carboxylic acids is 1. The second-order valence-electron chi connectivity index (χ2n) is 2.83. The van der Waals surface area contributed by atoms with Crippen molar-refractivity contribution in [2.45, 2.75) is 12.8 Å². The Morgan fingerprint density at radius 2 is 1.75 bits per heavy atom. The van der Waals surface area contributed by atoms with Gasteiger partial charge >= 0.3 is 6.36 Å². The standard InChI is InChI=1S/C9H8F3NO2.ClH/c10-9(11,12)15-7-3-1-6(2-4-7)5-8(13)14;/h1-4H,5H2,(H2,13,14);1H. The Morgan fingerprint density at radius 3 is 2.12 bits per heavy atom. The van der Waals surface area contributed by atoms with Gasteiger partial charge in [0.15, 0.2) is 0 Å². The maximum absolute atomic E-state index is 11.8. The lowest BCUT2D eigenvalue weighted by atomic mass is 10.1. The van der Waals surface area contributed by atoms with Crippen LogP contribution in [0.1, 0.15) is 5.56 Å². The van der Waals surface area contributed by atoms with Gasteiger partial charge < -0.3 is 10.5 Å². The van der Waals surface area contributed by atoms with E-state index in [0.29, 0.717) is 5.56 Å². The van der Waals surface area contributed by atoms with Crippen LogP contribution in [0.15, 0.2) is 24.3 Å². The molecule has 1 aromatic carbocycles. The zero-order valence-corrected chi connectivity index (χ0v) is 8.77. The van der Waals surface area contributed by atoms with E-state index in [2.05, 4.69) is 4.74 Å². The van der Waals surface area contributed by atoms with Crippen molar-refractivity contribution < 1.29 is 22.7 Å². The van der Waals surface area contributed by atoms with Crippen molar-refractivity contribution in [3.63, 3.8) is 0 Å². The molecule has 16 heavy (non-hydrogen) atoms. The van der Waals surface area contributed by atoms with E-state index < -0.39 is 12.3 Å². The molecule has 0 unspecified atom stereocenters. The summed E-state index contributed by atoms with van der Waals surface area (Å²) in [6.45, 7) is 0. The van der Waals surface area contributed by atoms with Gasteiger partial charge in [-0.15, -0.1) is 25.6 Å². The summed E-state index contributed by atoms with van der Waals surface area (Å²) in [5.74, 6) is -0.866. The first-order chi connectivity index (χ1) is 6.87. The predicted molar refractivity (Wildman–Crippen MR) is 53.3 cm³/mol. The SMILES string of the molecule is Cl.NC(=O)Cc1ccc(OC(F)(F)F)cc1. The van der Waals surface area contributed by atoms with E-state index in [1.807, 2.05) is 0 Å². The van der Waals surface area contributed by atoms with Crippen molar-refractivity contribution in [1.82, 2.24) is 0 Å². The molecule has 1 aromatic rings. The van der Waals surface area contributed by atoms with Gasteiger partial charge in [-0.25, -0.2) is 0 Å². The minimum absolute atomic E-state index is 0. The van der Waals surface area contributed by atoms with Crippen molar-refractivity contribution >= 4 is 18.3 Å². The van der Waals surface area contributed by atoms with Gasteiger partial charge in [0.1, 0.15) is 5.75 Å². The number of nitrogens with two attached hydrogens (primary N) is 1. The Morgan fingerprint density at radius 1 is 1.25 bits per heavy atom. The van der Waals surface area contributed by atoms with Gasteiger partial charge in [-0.3, -0.25) is 4.79 Å². The first-order valence-corrected chi connectivity index (χ1v) is 4.00. The number of hydrogen-bond acceptors (Lipinski definition) is 2. The van der Waals surface area contributed by atoms with Crippen LogP contribution >= 0.6 is 12.4 Å². The smallest absolute Gasteiger partial charge is 0.406 e. The summed E-state index contributed by atoms with van der Waals surface area (Å²) in [6, 6.07) is 4.97. The summed E-state index contributed by atoms with van der Waals surface area (Å²) in [5, 5.41) is 0. The summed E-state index contributed by atoms with van der Waals surface area (Å²) in [7, 11) is 0. The number of hydrogen-bond donors (Lipinski definition) is 1. The first kappa shape index (κ1) is 14.6. The summed E-state index contributed by atoms with van der Waals surface area (Å²) >= 11 is 0. The maximum atomic E-state index is 11.8. The van der Waals surface area contributed by atoms with Crippen molar-refractivity contribution in [1.29, 1.82) is 0 Å². The molecule has 0 radical (unpaired) electrons. The highest BCUT2D eigenvalue weighted by molar-refractivity contribution is 5.85. The molecule has 0 spiro atoms. The van der Waals surface area contributed by atoms with Crippen molar-refractivity contribution in [3.05, 3.63) is 29.8 Å². The summed E-state index contributed by atoms with van der Waals surface area (Å²) in [5.41, 5.74) is 5.45. The van der Waals surface area contributed by atoms with Crippen molar-refractivity contribution in [2.24, 2.45) is 5.73 Å². The third-order valence-electron chi connectivity index (χ3n) is 1.54. The number of benzene rings is 1. The minimum Gasteiger partial charge on any atom is -0.406 e. The summed E-state index contributed by atoms with van der Waals surface area (Å²) < 4.78 is 38.9. The molecule has 0 fully saturated rings. The third kappa shape index (κ3) is 5.45. The number of primary amides is 1. The molecule has 0 atom stereocenters. The number of halogens is 4. The van der Waals surface area contributed by atoms with Gasteiger partial charge in [0, 0.05) is 0 Å². The third-order valence-corrected chi connectivity index (χ3v) is 1.54. The second kappa shape index (κ2) is 5.60. The molecule has 0 aliphatic carbocycles. The fraction of sp³-hybridized carbons (Fsp3) is 0.222. The van der Waals surface area contributed by atoms with Crippen LogP contribution in [-0.2, 0) is 11.2 Å². The van der Waals surface area contributed by atoms with Crippen LogP contribution in [0.5, 0.6) is 5.75 Å². The molecule has 0 aliphatic heterocycles. The van der Waals surface area contributed by atoms with Gasteiger partial charge in [-0.2, -0.15) is 0 Å². The minimum atomic E-state index is -4.70. The van der Waals surface area contributed by atoms with Gasteiger partial charge in [0.25, 0.3) is 0 Å². The largest absolute Gasteiger partial charge is 0.573 e. The lowest BCUT2D eigenvalue weighted by Crippen LogP contribution is -2.17. The van der Waals surface area contributed by atoms with E-state index in [-0.39, 0.29) is 24.6 Å². The van der Waals surface area contributed by atoms with Crippen LogP contribution in [0.2, 0.25) is 0 Å². The van der Waals surface area contributed by atoms with Gasteiger partial charge in [-0.1, -0.05) is 12.1 Å². The van der Waals surface area contributed by atoms with Crippen LogP contribution in [0.3, 0.4) is 0 Å². The van der Waals surface area contributed by atoms with E-state index in [4.69, 9.17) is 5.73 Å². The molecule has 3 nitrogen and oxygen atoms in total.